The number of hydrogen-bond acceptors (Lipinski definition) is 3. The zero-order valence-corrected chi connectivity index (χ0v) is 10.9. The van der Waals surface area contributed by atoms with Gasteiger partial charge in [0.25, 0.3) is 0 Å². The number of rotatable bonds is 5. The third-order valence-electron chi connectivity index (χ3n) is 3.40. The van der Waals surface area contributed by atoms with Crippen LogP contribution < -0.4 is 10.1 Å². The van der Waals surface area contributed by atoms with Crippen molar-refractivity contribution >= 4 is 0 Å². The van der Waals surface area contributed by atoms with Crippen LogP contribution in [0.25, 0.3) is 0 Å². The summed E-state index contributed by atoms with van der Waals surface area (Å²) in [5, 5.41) is 3.46. The molecule has 3 heteroatoms. The predicted octanol–water partition coefficient (Wildman–Crippen LogP) is 2.22. The summed E-state index contributed by atoms with van der Waals surface area (Å²) in [4.78, 5) is 4.12. The van der Waals surface area contributed by atoms with Gasteiger partial charge in [0.15, 0.2) is 0 Å². The lowest BCUT2D eigenvalue weighted by Crippen LogP contribution is -2.31. The molecule has 0 fully saturated rings. The average molecular weight is 254 g/mol. The molecule has 0 spiro atoms. The maximum atomic E-state index is 5.88. The number of para-hydroxylation sites is 1. The Bertz CT molecular complexity index is 502. The summed E-state index contributed by atoms with van der Waals surface area (Å²) < 4.78 is 5.88. The molecule has 1 aromatic heterocycles. The number of benzene rings is 1. The molecule has 0 aliphatic carbocycles. The molecule has 1 unspecified atom stereocenters. The molecule has 0 saturated heterocycles. The van der Waals surface area contributed by atoms with Gasteiger partial charge in [0.05, 0.1) is 0 Å². The first kappa shape index (κ1) is 12.2. The summed E-state index contributed by atoms with van der Waals surface area (Å²) in [7, 11) is 0. The number of nitrogens with one attached hydrogen (secondary N) is 1. The molecule has 98 valence electrons. The first-order valence-corrected chi connectivity index (χ1v) is 6.76. The van der Waals surface area contributed by atoms with Crippen molar-refractivity contribution in [1.29, 1.82) is 0 Å². The molecule has 1 aromatic carbocycles. The lowest BCUT2D eigenvalue weighted by Gasteiger charge is -2.11. The summed E-state index contributed by atoms with van der Waals surface area (Å²) in [5.74, 6) is 1.04. The molecule has 3 nitrogen and oxygen atoms in total. The zero-order chi connectivity index (χ0) is 12.9. The second kappa shape index (κ2) is 5.85. The Hall–Kier alpha value is -1.87. The first-order valence-electron chi connectivity index (χ1n) is 6.76. The molecule has 1 aliphatic rings. The molecular formula is C16H18N2O. The van der Waals surface area contributed by atoms with E-state index in [1.54, 1.807) is 6.20 Å². The van der Waals surface area contributed by atoms with Gasteiger partial charge < -0.3 is 10.1 Å². The fraction of sp³-hybridized carbons (Fsp3) is 0.312. The van der Waals surface area contributed by atoms with Crippen molar-refractivity contribution in [2.24, 2.45) is 0 Å². The number of nitrogens with zero attached hydrogens (tertiary/aromatic N) is 1. The molecule has 0 bridgehead atoms. The minimum atomic E-state index is 0.270. The smallest absolute Gasteiger partial charge is 0.123 e. The van der Waals surface area contributed by atoms with Crippen LogP contribution in [0.3, 0.4) is 0 Å². The van der Waals surface area contributed by atoms with Gasteiger partial charge in [0.2, 0.25) is 0 Å². The van der Waals surface area contributed by atoms with Crippen LogP contribution in [0.2, 0.25) is 0 Å². The maximum absolute atomic E-state index is 5.88. The Kier molecular flexibility index (Phi) is 3.75. The van der Waals surface area contributed by atoms with E-state index < -0.39 is 0 Å². The Morgan fingerprint density at radius 2 is 2.16 bits per heavy atom. The summed E-state index contributed by atoms with van der Waals surface area (Å²) in [5.41, 5.74) is 2.59. The highest BCUT2D eigenvalue weighted by atomic mass is 16.5. The van der Waals surface area contributed by atoms with Gasteiger partial charge in [-0.25, -0.2) is 0 Å². The van der Waals surface area contributed by atoms with Gasteiger partial charge >= 0.3 is 0 Å². The Morgan fingerprint density at radius 3 is 3.00 bits per heavy atom. The topological polar surface area (TPSA) is 34.2 Å². The molecule has 3 rings (SSSR count). The highest BCUT2D eigenvalue weighted by molar-refractivity contribution is 5.37. The van der Waals surface area contributed by atoms with E-state index in [2.05, 4.69) is 28.5 Å². The van der Waals surface area contributed by atoms with Crippen LogP contribution in [-0.4, -0.2) is 24.2 Å². The largest absolute Gasteiger partial charge is 0.488 e. The quantitative estimate of drug-likeness (QED) is 0.831. The van der Waals surface area contributed by atoms with E-state index in [1.807, 2.05) is 24.4 Å². The fourth-order valence-electron chi connectivity index (χ4n) is 2.41. The highest BCUT2D eigenvalue weighted by Crippen LogP contribution is 2.27. The second-order valence-corrected chi connectivity index (χ2v) is 4.87. The van der Waals surface area contributed by atoms with E-state index >= 15 is 0 Å². The number of aromatic nitrogens is 1. The maximum Gasteiger partial charge on any atom is 0.123 e. The van der Waals surface area contributed by atoms with E-state index in [0.29, 0.717) is 0 Å². The molecule has 1 N–H and O–H groups in total. The summed E-state index contributed by atoms with van der Waals surface area (Å²) in [6.07, 6.45) is 6.01. The predicted molar refractivity (Wildman–Crippen MR) is 75.4 cm³/mol. The second-order valence-electron chi connectivity index (χ2n) is 4.87. The molecule has 2 heterocycles. The van der Waals surface area contributed by atoms with Gasteiger partial charge in [-0.1, -0.05) is 24.3 Å². The Balaban J connectivity index is 1.41. The molecule has 1 atom stereocenters. The molecule has 19 heavy (non-hydrogen) atoms. The van der Waals surface area contributed by atoms with Crippen molar-refractivity contribution in [3.05, 3.63) is 59.9 Å². The summed E-state index contributed by atoms with van der Waals surface area (Å²) in [6.45, 7) is 1.86. The summed E-state index contributed by atoms with van der Waals surface area (Å²) in [6, 6.07) is 12.4. The fourth-order valence-corrected chi connectivity index (χ4v) is 2.41. The van der Waals surface area contributed by atoms with E-state index in [-0.39, 0.29) is 6.10 Å². The SMILES string of the molecule is c1cncc(CCNCC2Cc3ccccc3O2)c1. The van der Waals surface area contributed by atoms with Crippen LogP contribution in [0.4, 0.5) is 0 Å². The third-order valence-corrected chi connectivity index (χ3v) is 3.40. The lowest BCUT2D eigenvalue weighted by atomic mass is 10.1. The number of ether oxygens (including phenoxy) is 1. The van der Waals surface area contributed by atoms with E-state index in [9.17, 15) is 0 Å². The van der Waals surface area contributed by atoms with Crippen molar-refractivity contribution in [3.8, 4) is 5.75 Å². The standard InChI is InChI=1S/C16H18N2O/c1-2-6-16-14(5-1)10-15(19-16)12-18-9-7-13-4-3-8-17-11-13/h1-6,8,11,15,18H,7,9-10,12H2. The summed E-state index contributed by atoms with van der Waals surface area (Å²) >= 11 is 0. The molecule has 0 amide bonds. The lowest BCUT2D eigenvalue weighted by molar-refractivity contribution is 0.228. The normalized spacial score (nSPS) is 16.9. The van der Waals surface area contributed by atoms with Gasteiger partial charge in [0.1, 0.15) is 11.9 Å². The van der Waals surface area contributed by atoms with E-state index in [1.165, 1.54) is 11.1 Å². The van der Waals surface area contributed by atoms with Gasteiger partial charge in [0, 0.05) is 25.4 Å². The van der Waals surface area contributed by atoms with Crippen molar-refractivity contribution in [2.45, 2.75) is 18.9 Å². The Labute approximate surface area is 113 Å². The van der Waals surface area contributed by atoms with Crippen LogP contribution in [-0.2, 0) is 12.8 Å². The van der Waals surface area contributed by atoms with Crippen molar-refractivity contribution in [1.82, 2.24) is 10.3 Å². The van der Waals surface area contributed by atoms with Crippen LogP contribution in [0.1, 0.15) is 11.1 Å². The molecular weight excluding hydrogens is 236 g/mol. The van der Waals surface area contributed by atoms with Gasteiger partial charge in [-0.05, 0) is 36.2 Å². The number of pyridine rings is 1. The number of hydrogen-bond donors (Lipinski definition) is 1. The van der Waals surface area contributed by atoms with Crippen molar-refractivity contribution in [3.63, 3.8) is 0 Å². The first-order chi connectivity index (χ1) is 9.42. The molecule has 0 radical (unpaired) electrons. The highest BCUT2D eigenvalue weighted by Gasteiger charge is 2.21. The van der Waals surface area contributed by atoms with Crippen LogP contribution >= 0.6 is 0 Å². The third kappa shape index (κ3) is 3.12. The Morgan fingerprint density at radius 1 is 1.21 bits per heavy atom. The zero-order valence-electron chi connectivity index (χ0n) is 10.9. The monoisotopic (exact) mass is 254 g/mol. The number of fused-ring (bicyclic) bond motifs is 1. The van der Waals surface area contributed by atoms with Crippen LogP contribution in [0.15, 0.2) is 48.8 Å². The molecule has 1 aliphatic heterocycles. The van der Waals surface area contributed by atoms with Crippen LogP contribution in [0.5, 0.6) is 5.75 Å². The van der Waals surface area contributed by atoms with E-state index in [4.69, 9.17) is 4.74 Å². The van der Waals surface area contributed by atoms with Gasteiger partial charge in [-0.2, -0.15) is 0 Å². The van der Waals surface area contributed by atoms with Gasteiger partial charge in [-0.3, -0.25) is 4.98 Å². The van der Waals surface area contributed by atoms with Crippen LogP contribution in [0, 0.1) is 0 Å². The van der Waals surface area contributed by atoms with Crippen molar-refractivity contribution in [2.75, 3.05) is 13.1 Å². The van der Waals surface area contributed by atoms with E-state index in [0.717, 1.165) is 31.7 Å². The molecule has 0 saturated carbocycles. The van der Waals surface area contributed by atoms with Gasteiger partial charge in [-0.15, -0.1) is 0 Å². The molecule has 2 aromatic rings. The average Bonchev–Trinajstić information content (AvgIpc) is 2.87. The minimum Gasteiger partial charge on any atom is -0.488 e. The van der Waals surface area contributed by atoms with Crippen molar-refractivity contribution < 1.29 is 4.74 Å². The minimum absolute atomic E-state index is 0.270.